The van der Waals surface area contributed by atoms with Gasteiger partial charge in [-0.05, 0) is 54.7 Å². The van der Waals surface area contributed by atoms with Crippen LogP contribution in [0.25, 0.3) is 11.1 Å². The predicted octanol–water partition coefficient (Wildman–Crippen LogP) is 2.75. The Hall–Kier alpha value is -3.57. The largest absolute Gasteiger partial charge is 0.424 e. The van der Waals surface area contributed by atoms with E-state index in [2.05, 4.69) is 16.9 Å². The van der Waals surface area contributed by atoms with Gasteiger partial charge in [0.05, 0.1) is 0 Å². The van der Waals surface area contributed by atoms with Crippen LogP contribution in [0.3, 0.4) is 0 Å². The molecule has 10 nitrogen and oxygen atoms in total. The predicted molar refractivity (Wildman–Crippen MR) is 130 cm³/mol. The van der Waals surface area contributed by atoms with Crippen LogP contribution in [-0.4, -0.2) is 45.1 Å². The first-order chi connectivity index (χ1) is 16.6. The molecule has 2 N–H and O–H groups in total. The van der Waals surface area contributed by atoms with Crippen molar-refractivity contribution in [3.05, 3.63) is 70.9 Å². The van der Waals surface area contributed by atoms with Gasteiger partial charge in [-0.3, -0.25) is 14.8 Å². The molecule has 0 saturated carbocycles. The molecule has 3 aromatic rings. The number of aryl methyl sites for hydroxylation is 2. The Balaban J connectivity index is 1.71. The molecule has 0 aliphatic heterocycles. The zero-order valence-electron chi connectivity index (χ0n) is 19.8. The van der Waals surface area contributed by atoms with Crippen LogP contribution in [-0.2, 0) is 27.6 Å². The summed E-state index contributed by atoms with van der Waals surface area (Å²) >= 11 is 0. The molecular formula is C24H28N4O6S. The average molecular weight is 501 g/mol. The third-order valence-electron chi connectivity index (χ3n) is 5.84. The molecule has 3 rings (SSSR count). The number of benzene rings is 1. The van der Waals surface area contributed by atoms with Crippen molar-refractivity contribution in [1.82, 2.24) is 20.0 Å². The second-order valence-corrected chi connectivity index (χ2v) is 10.8. The fourth-order valence-electron chi connectivity index (χ4n) is 3.43. The van der Waals surface area contributed by atoms with Crippen molar-refractivity contribution in [1.29, 1.82) is 0 Å². The molecular weight excluding hydrogens is 472 g/mol. The molecule has 0 saturated heterocycles. The number of rotatable bonds is 10. The average Bonchev–Trinajstić information content (AvgIpc) is 2.83. The van der Waals surface area contributed by atoms with Crippen molar-refractivity contribution < 1.29 is 23.2 Å². The van der Waals surface area contributed by atoms with Crippen LogP contribution in [0.5, 0.6) is 11.8 Å². The number of amides is 1. The van der Waals surface area contributed by atoms with Crippen molar-refractivity contribution in [3.8, 4) is 22.9 Å². The van der Waals surface area contributed by atoms with Gasteiger partial charge in [0.1, 0.15) is 5.75 Å². The molecule has 1 aromatic carbocycles. The van der Waals surface area contributed by atoms with Crippen molar-refractivity contribution in [2.24, 2.45) is 0 Å². The summed E-state index contributed by atoms with van der Waals surface area (Å²) < 4.78 is 29.3. The summed E-state index contributed by atoms with van der Waals surface area (Å²) in [6.45, 7) is 3.27. The lowest BCUT2D eigenvalue weighted by atomic mass is 10.1. The Labute approximate surface area is 203 Å². The normalized spacial score (nSPS) is 13.1. The van der Waals surface area contributed by atoms with Crippen molar-refractivity contribution in [2.75, 3.05) is 6.26 Å². The molecule has 186 valence electrons. The van der Waals surface area contributed by atoms with E-state index in [1.165, 1.54) is 29.2 Å². The maximum Gasteiger partial charge on any atom is 0.321 e. The third kappa shape index (κ3) is 6.11. The number of hydrogen-bond donors (Lipinski definition) is 2. The van der Waals surface area contributed by atoms with Crippen LogP contribution in [0.15, 0.2) is 59.8 Å². The molecule has 2 heterocycles. The first-order valence-electron chi connectivity index (χ1n) is 11.0. The number of ether oxygens (including phenoxy) is 1. The number of carbonyl (C=O) groups is 1. The lowest BCUT2D eigenvalue weighted by Gasteiger charge is -2.25. The summed E-state index contributed by atoms with van der Waals surface area (Å²) in [5, 5.41) is 8.93. The van der Waals surface area contributed by atoms with Crippen molar-refractivity contribution >= 4 is 15.7 Å². The highest BCUT2D eigenvalue weighted by Gasteiger charge is 2.43. The fourth-order valence-corrected chi connectivity index (χ4v) is 4.27. The Morgan fingerprint density at radius 2 is 1.80 bits per heavy atom. The maximum atomic E-state index is 12.6. The van der Waals surface area contributed by atoms with Crippen LogP contribution >= 0.6 is 0 Å². The zero-order valence-corrected chi connectivity index (χ0v) is 20.6. The smallest absolute Gasteiger partial charge is 0.321 e. The Kier molecular flexibility index (Phi) is 8.03. The van der Waals surface area contributed by atoms with E-state index in [9.17, 15) is 18.0 Å². The first-order valence-corrected chi connectivity index (χ1v) is 12.9. The molecule has 0 fully saturated rings. The molecule has 0 aliphatic rings. The Bertz CT molecular complexity index is 1340. The van der Waals surface area contributed by atoms with E-state index in [1.54, 1.807) is 42.7 Å². The number of sulfone groups is 1. The van der Waals surface area contributed by atoms with E-state index in [0.29, 0.717) is 11.3 Å². The van der Waals surface area contributed by atoms with Crippen molar-refractivity contribution in [3.63, 3.8) is 0 Å². The molecule has 0 radical (unpaired) electrons. The number of hydrogen-bond acceptors (Lipinski definition) is 8. The quantitative estimate of drug-likeness (QED) is 0.320. The minimum atomic E-state index is -3.85. The lowest BCUT2D eigenvalue weighted by Crippen LogP contribution is -2.49. The van der Waals surface area contributed by atoms with Gasteiger partial charge >= 0.3 is 6.01 Å². The number of nitrogens with zero attached hydrogens (tertiary/aromatic N) is 3. The fraction of sp³-hybridized carbons (Fsp3) is 0.333. The van der Waals surface area contributed by atoms with E-state index in [1.807, 2.05) is 0 Å². The maximum absolute atomic E-state index is 12.6. The van der Waals surface area contributed by atoms with Gasteiger partial charge in [0, 0.05) is 37.5 Å². The zero-order chi connectivity index (χ0) is 25.6. The topological polar surface area (TPSA) is 140 Å². The van der Waals surface area contributed by atoms with E-state index >= 15 is 0 Å². The standard InChI is InChI=1S/C24H28N4O6S/c1-4-5-17-15-25-23(26-16-17)34-20-8-6-18(7-9-20)19-10-12-28(21(29)14-19)13-11-24(2,22(30)27-31)35(3,32)33/h6-10,12,14-16,31H,4-5,11,13H2,1-3H3,(H,27,30). The second-order valence-electron chi connectivity index (χ2n) is 8.39. The highest BCUT2D eigenvalue weighted by atomic mass is 32.2. The number of nitrogens with one attached hydrogen (secondary N) is 1. The Morgan fingerprint density at radius 3 is 2.34 bits per heavy atom. The number of hydroxylamine groups is 1. The highest BCUT2D eigenvalue weighted by Crippen LogP contribution is 2.25. The summed E-state index contributed by atoms with van der Waals surface area (Å²) in [5.41, 5.74) is 3.53. The summed E-state index contributed by atoms with van der Waals surface area (Å²) in [7, 11) is -3.85. The SMILES string of the molecule is CCCc1cnc(Oc2ccc(-c3ccn(CCC(C)(C(=O)NO)S(C)(=O)=O)c(=O)c3)cc2)nc1. The van der Waals surface area contributed by atoms with E-state index < -0.39 is 20.5 Å². The molecule has 1 amide bonds. The molecule has 0 aliphatic carbocycles. The Morgan fingerprint density at radius 1 is 1.14 bits per heavy atom. The van der Waals surface area contributed by atoms with E-state index in [-0.39, 0.29) is 24.5 Å². The second kappa shape index (κ2) is 10.8. The van der Waals surface area contributed by atoms with E-state index in [4.69, 9.17) is 9.94 Å². The summed E-state index contributed by atoms with van der Waals surface area (Å²) in [6.07, 6.45) is 7.65. The molecule has 35 heavy (non-hydrogen) atoms. The lowest BCUT2D eigenvalue weighted by molar-refractivity contribution is -0.131. The monoisotopic (exact) mass is 500 g/mol. The van der Waals surface area contributed by atoms with Gasteiger partial charge in [-0.2, -0.15) is 0 Å². The number of aromatic nitrogens is 3. The number of carbonyl (C=O) groups excluding carboxylic acids is 1. The van der Waals surface area contributed by atoms with Gasteiger partial charge in [0.15, 0.2) is 14.6 Å². The molecule has 11 heteroatoms. The van der Waals surface area contributed by atoms with Gasteiger partial charge in [-0.25, -0.2) is 23.9 Å². The van der Waals surface area contributed by atoms with Crippen LogP contribution < -0.4 is 15.8 Å². The molecule has 2 aromatic heterocycles. The van der Waals surface area contributed by atoms with Crippen LogP contribution in [0.2, 0.25) is 0 Å². The summed E-state index contributed by atoms with van der Waals surface area (Å²) in [5.74, 6) is -0.498. The molecule has 1 unspecified atom stereocenters. The van der Waals surface area contributed by atoms with Gasteiger partial charge in [-0.1, -0.05) is 25.5 Å². The minimum Gasteiger partial charge on any atom is -0.424 e. The van der Waals surface area contributed by atoms with Gasteiger partial charge in [0.2, 0.25) is 0 Å². The van der Waals surface area contributed by atoms with E-state index in [0.717, 1.165) is 30.2 Å². The van der Waals surface area contributed by atoms with Crippen molar-refractivity contribution in [2.45, 2.75) is 44.4 Å². The molecule has 0 spiro atoms. The first kappa shape index (κ1) is 26.0. The molecule has 1 atom stereocenters. The minimum absolute atomic E-state index is 0.0279. The van der Waals surface area contributed by atoms with Crippen LogP contribution in [0, 0.1) is 0 Å². The summed E-state index contributed by atoms with van der Waals surface area (Å²) in [4.78, 5) is 33.0. The molecule has 0 bridgehead atoms. The van der Waals surface area contributed by atoms with Gasteiger partial charge in [-0.15, -0.1) is 0 Å². The van der Waals surface area contributed by atoms with Gasteiger partial charge < -0.3 is 9.30 Å². The number of pyridine rings is 1. The van der Waals surface area contributed by atoms with Crippen LogP contribution in [0.4, 0.5) is 0 Å². The summed E-state index contributed by atoms with van der Waals surface area (Å²) in [6, 6.07) is 10.5. The highest BCUT2D eigenvalue weighted by molar-refractivity contribution is 7.92. The van der Waals surface area contributed by atoms with Crippen LogP contribution in [0.1, 0.15) is 32.3 Å². The third-order valence-corrected chi connectivity index (χ3v) is 7.87. The van der Waals surface area contributed by atoms with Gasteiger partial charge in [0.25, 0.3) is 11.5 Å².